The van der Waals surface area contributed by atoms with Gasteiger partial charge in [0.2, 0.25) is 0 Å². The van der Waals surface area contributed by atoms with Crippen molar-refractivity contribution in [2.24, 2.45) is 12.8 Å². The van der Waals surface area contributed by atoms with E-state index in [1.54, 1.807) is 6.07 Å². The summed E-state index contributed by atoms with van der Waals surface area (Å²) in [5.74, 6) is -2.43. The van der Waals surface area contributed by atoms with Gasteiger partial charge in [-0.15, -0.1) is 0 Å². The Labute approximate surface area is 216 Å². The minimum Gasteiger partial charge on any atom is -0.481 e. The molecule has 0 saturated heterocycles. The molecule has 0 fully saturated rings. The molecule has 3 aromatic heterocycles. The number of aryl methyl sites for hydroxylation is 3. The van der Waals surface area contributed by atoms with E-state index in [2.05, 4.69) is 17.1 Å². The van der Waals surface area contributed by atoms with Gasteiger partial charge in [0.1, 0.15) is 11.5 Å². The zero-order valence-electron chi connectivity index (χ0n) is 21.1. The molecule has 0 aliphatic carbocycles. The lowest BCUT2D eigenvalue weighted by atomic mass is 10.0. The number of primary amides is 1. The van der Waals surface area contributed by atoms with Gasteiger partial charge in [-0.1, -0.05) is 18.2 Å². The van der Waals surface area contributed by atoms with Crippen LogP contribution in [0.5, 0.6) is 0 Å². The smallest absolute Gasteiger partial charge is 0.331 e. The number of nitrogens with zero attached hydrogens (tertiary/aromatic N) is 4. The van der Waals surface area contributed by atoms with Crippen molar-refractivity contribution in [3.8, 4) is 0 Å². The van der Waals surface area contributed by atoms with E-state index in [0.29, 0.717) is 11.1 Å². The summed E-state index contributed by atoms with van der Waals surface area (Å²) in [6.07, 6.45) is 1.51. The lowest BCUT2D eigenvalue weighted by molar-refractivity contribution is -0.137. The van der Waals surface area contributed by atoms with Crippen molar-refractivity contribution >= 4 is 33.9 Å². The van der Waals surface area contributed by atoms with Crippen molar-refractivity contribution < 1.29 is 19.1 Å². The molecular weight excluding hydrogens is 489 g/mol. The number of amides is 1. The fourth-order valence-corrected chi connectivity index (χ4v) is 5.23. The molecule has 1 atom stereocenters. The maximum Gasteiger partial charge on any atom is 0.331 e. The van der Waals surface area contributed by atoms with Crippen molar-refractivity contribution in [2.45, 2.75) is 32.9 Å². The summed E-state index contributed by atoms with van der Waals surface area (Å²) < 4.78 is 18.4. The number of fused-ring (bicyclic) bond motifs is 2. The zero-order valence-corrected chi connectivity index (χ0v) is 21.1. The van der Waals surface area contributed by atoms with Crippen LogP contribution in [0.4, 0.5) is 4.39 Å². The van der Waals surface area contributed by atoms with E-state index >= 15 is 0 Å². The van der Waals surface area contributed by atoms with E-state index in [1.807, 2.05) is 31.7 Å². The molecule has 38 heavy (non-hydrogen) atoms. The molecule has 0 radical (unpaired) electrons. The first-order valence-corrected chi connectivity index (χ1v) is 12.0. The van der Waals surface area contributed by atoms with Crippen LogP contribution in [0.3, 0.4) is 0 Å². The minimum absolute atomic E-state index is 0.0620. The molecule has 10 heteroatoms. The van der Waals surface area contributed by atoms with Crippen molar-refractivity contribution in [2.75, 3.05) is 0 Å². The van der Waals surface area contributed by atoms with Crippen LogP contribution in [-0.2, 0) is 18.4 Å². The van der Waals surface area contributed by atoms with Gasteiger partial charge in [-0.2, -0.15) is 0 Å². The SMILES string of the molecule is Cc1cc(C)c2c(Cn3c(=O)n([C@H](CC(=O)O)c4ccc(F)cc4)c4nc(C(N)=O)ccc43)cn(C)c2c1. The normalized spacial score (nSPS) is 12.3. The molecule has 9 nitrogen and oxygen atoms in total. The standard InChI is InChI=1S/C28H26FN5O4/c1-15-10-16(2)25-18(13-32(3)23(25)11-15)14-33-21-9-8-20(26(30)37)31-27(21)34(28(33)38)22(12-24(35)36)17-4-6-19(29)7-5-17/h4-11,13,22H,12,14H2,1-3H3,(H2,30,37)(H,35,36)/t22-/m1/s1. The van der Waals surface area contributed by atoms with Crippen LogP contribution in [0.15, 0.2) is 59.5 Å². The van der Waals surface area contributed by atoms with Crippen molar-refractivity contribution in [1.29, 1.82) is 0 Å². The first-order valence-electron chi connectivity index (χ1n) is 12.0. The first kappa shape index (κ1) is 24.9. The second-order valence-electron chi connectivity index (χ2n) is 9.55. The highest BCUT2D eigenvalue weighted by molar-refractivity contribution is 5.93. The molecule has 2 aromatic carbocycles. The van der Waals surface area contributed by atoms with Gasteiger partial charge in [0.25, 0.3) is 5.91 Å². The predicted octanol–water partition coefficient (Wildman–Crippen LogP) is 3.66. The Morgan fingerprint density at radius 1 is 1.08 bits per heavy atom. The minimum atomic E-state index is -1.15. The van der Waals surface area contributed by atoms with E-state index in [1.165, 1.54) is 39.5 Å². The Morgan fingerprint density at radius 2 is 1.79 bits per heavy atom. The summed E-state index contributed by atoms with van der Waals surface area (Å²) in [6.45, 7) is 4.23. The maximum atomic E-state index is 14.0. The number of hydrogen-bond donors (Lipinski definition) is 2. The van der Waals surface area contributed by atoms with Crippen LogP contribution in [-0.4, -0.2) is 35.7 Å². The topological polar surface area (TPSA) is 125 Å². The third-order valence-electron chi connectivity index (χ3n) is 6.84. The summed E-state index contributed by atoms with van der Waals surface area (Å²) in [5, 5.41) is 10.7. The highest BCUT2D eigenvalue weighted by atomic mass is 19.1. The highest BCUT2D eigenvalue weighted by Gasteiger charge is 2.27. The number of aliphatic carboxylic acids is 1. The monoisotopic (exact) mass is 515 g/mol. The number of rotatable bonds is 7. The lowest BCUT2D eigenvalue weighted by Gasteiger charge is -2.17. The van der Waals surface area contributed by atoms with Gasteiger partial charge in [0.05, 0.1) is 24.5 Å². The van der Waals surface area contributed by atoms with Gasteiger partial charge in [0, 0.05) is 24.1 Å². The molecule has 0 saturated carbocycles. The molecule has 5 aromatic rings. The summed E-state index contributed by atoms with van der Waals surface area (Å²) in [4.78, 5) is 42.2. The van der Waals surface area contributed by atoms with Crippen molar-refractivity contribution in [1.82, 2.24) is 18.7 Å². The van der Waals surface area contributed by atoms with E-state index in [9.17, 15) is 23.9 Å². The molecule has 0 spiro atoms. The second kappa shape index (κ2) is 9.29. The number of nitrogens with two attached hydrogens (primary N) is 1. The van der Waals surface area contributed by atoms with Crippen LogP contribution in [0.1, 0.15) is 45.2 Å². The number of halogens is 1. The number of carboxylic acid groups (broad SMARTS) is 1. The van der Waals surface area contributed by atoms with Crippen LogP contribution in [0.2, 0.25) is 0 Å². The van der Waals surface area contributed by atoms with Gasteiger partial charge < -0.3 is 15.4 Å². The van der Waals surface area contributed by atoms with Gasteiger partial charge in [0.15, 0.2) is 5.65 Å². The summed E-state index contributed by atoms with van der Waals surface area (Å²) in [6, 6.07) is 11.5. The summed E-state index contributed by atoms with van der Waals surface area (Å²) >= 11 is 0. The van der Waals surface area contributed by atoms with E-state index in [0.717, 1.165) is 27.6 Å². The lowest BCUT2D eigenvalue weighted by Crippen LogP contribution is -2.30. The average Bonchev–Trinajstić information content (AvgIpc) is 3.31. The number of aromatic nitrogens is 4. The quantitative estimate of drug-likeness (QED) is 0.342. The van der Waals surface area contributed by atoms with Gasteiger partial charge in [-0.3, -0.25) is 18.7 Å². The van der Waals surface area contributed by atoms with E-state index < -0.39 is 35.8 Å². The Hall–Kier alpha value is -4.73. The number of hydrogen-bond acceptors (Lipinski definition) is 4. The summed E-state index contributed by atoms with van der Waals surface area (Å²) in [7, 11) is 1.94. The molecular formula is C28H26FN5O4. The third-order valence-corrected chi connectivity index (χ3v) is 6.84. The first-order chi connectivity index (χ1) is 18.0. The Morgan fingerprint density at radius 3 is 2.45 bits per heavy atom. The number of carbonyl (C=O) groups is 2. The Balaban J connectivity index is 1.77. The average molecular weight is 516 g/mol. The van der Waals surface area contributed by atoms with E-state index in [4.69, 9.17) is 5.73 Å². The number of carbonyl (C=O) groups excluding carboxylic acids is 1. The molecule has 0 bridgehead atoms. The van der Waals surface area contributed by atoms with Gasteiger partial charge >= 0.3 is 11.7 Å². The molecule has 0 aliphatic heterocycles. The van der Waals surface area contributed by atoms with Crippen LogP contribution in [0, 0.1) is 19.7 Å². The molecule has 1 amide bonds. The number of carboxylic acids is 1. The highest BCUT2D eigenvalue weighted by Crippen LogP contribution is 2.29. The Kier molecular flexibility index (Phi) is 6.10. The fourth-order valence-electron chi connectivity index (χ4n) is 5.23. The molecule has 3 N–H and O–H groups in total. The van der Waals surface area contributed by atoms with E-state index in [-0.39, 0.29) is 17.9 Å². The predicted molar refractivity (Wildman–Crippen MR) is 141 cm³/mol. The molecule has 3 heterocycles. The maximum absolute atomic E-state index is 14.0. The van der Waals surface area contributed by atoms with Crippen molar-refractivity contribution in [3.63, 3.8) is 0 Å². The largest absolute Gasteiger partial charge is 0.481 e. The third kappa shape index (κ3) is 4.23. The van der Waals surface area contributed by atoms with Crippen LogP contribution >= 0.6 is 0 Å². The second-order valence-corrected chi connectivity index (χ2v) is 9.55. The van der Waals surface area contributed by atoms with Crippen molar-refractivity contribution in [3.05, 3.63) is 99.0 Å². The fraction of sp³-hybridized carbons (Fsp3) is 0.214. The van der Waals surface area contributed by atoms with Gasteiger partial charge in [-0.25, -0.2) is 14.2 Å². The number of pyridine rings is 1. The zero-order chi connectivity index (χ0) is 27.3. The number of imidazole rings is 1. The number of benzene rings is 2. The molecule has 5 rings (SSSR count). The molecule has 0 unspecified atom stereocenters. The molecule has 194 valence electrons. The van der Waals surface area contributed by atoms with Crippen LogP contribution in [0.25, 0.3) is 22.1 Å². The molecule has 0 aliphatic rings. The summed E-state index contributed by atoms with van der Waals surface area (Å²) in [5.41, 5.74) is 9.96. The van der Waals surface area contributed by atoms with Gasteiger partial charge in [-0.05, 0) is 66.4 Å². The van der Waals surface area contributed by atoms with Crippen LogP contribution < -0.4 is 11.4 Å². The Bertz CT molecular complexity index is 1800.